The number of carbonyl (C=O) groups is 1. The van der Waals surface area contributed by atoms with Crippen LogP contribution in [-0.4, -0.2) is 15.5 Å². The molecule has 0 radical (unpaired) electrons. The maximum Gasteiger partial charge on any atom is 0.251 e. The Morgan fingerprint density at radius 3 is 2.79 bits per heavy atom. The largest absolute Gasteiger partial charge is 0.348 e. The molecule has 1 N–H and O–H groups in total. The van der Waals surface area contributed by atoms with Crippen LogP contribution in [0, 0.1) is 12.7 Å². The third-order valence-corrected chi connectivity index (χ3v) is 4.13. The topological polar surface area (TPSA) is 46.9 Å². The van der Waals surface area contributed by atoms with E-state index in [2.05, 4.69) is 26.2 Å². The minimum atomic E-state index is -0.356. The Hall–Kier alpha value is -2.47. The summed E-state index contributed by atoms with van der Waals surface area (Å²) in [5.74, 6) is 0.154. The van der Waals surface area contributed by atoms with Crippen LogP contribution in [0.4, 0.5) is 4.39 Å². The van der Waals surface area contributed by atoms with Crippen LogP contribution < -0.4 is 5.32 Å². The minimum absolute atomic E-state index is 0.203. The Balaban J connectivity index is 1.71. The smallest absolute Gasteiger partial charge is 0.251 e. The molecule has 0 aliphatic heterocycles. The van der Waals surface area contributed by atoms with E-state index in [1.165, 1.54) is 6.07 Å². The lowest BCUT2D eigenvalue weighted by molar-refractivity contribution is 0.0951. The van der Waals surface area contributed by atoms with Crippen molar-refractivity contribution in [2.75, 3.05) is 0 Å². The number of nitrogens with zero attached hydrogens (tertiary/aromatic N) is 2. The Kier molecular flexibility index (Phi) is 4.76. The van der Waals surface area contributed by atoms with E-state index in [0.29, 0.717) is 22.6 Å². The maximum atomic E-state index is 14.3. The van der Waals surface area contributed by atoms with Gasteiger partial charge in [-0.15, -0.1) is 0 Å². The summed E-state index contributed by atoms with van der Waals surface area (Å²) in [6.07, 6.45) is 3.34. The number of hydrogen-bond donors (Lipinski definition) is 1. The van der Waals surface area contributed by atoms with Gasteiger partial charge in [-0.25, -0.2) is 9.37 Å². The molecule has 0 saturated heterocycles. The second-order valence-corrected chi connectivity index (χ2v) is 6.24. The third kappa shape index (κ3) is 3.54. The van der Waals surface area contributed by atoms with E-state index in [-0.39, 0.29) is 18.3 Å². The molecule has 0 fully saturated rings. The van der Waals surface area contributed by atoms with Crippen LogP contribution in [0.1, 0.15) is 21.7 Å². The van der Waals surface area contributed by atoms with Gasteiger partial charge in [-0.1, -0.05) is 28.1 Å². The number of aromatic nitrogens is 2. The van der Waals surface area contributed by atoms with E-state index in [9.17, 15) is 9.18 Å². The zero-order valence-electron chi connectivity index (χ0n) is 13.0. The molecule has 1 aromatic heterocycles. The van der Waals surface area contributed by atoms with Crippen LogP contribution in [0.15, 0.2) is 59.3 Å². The van der Waals surface area contributed by atoms with Gasteiger partial charge in [-0.3, -0.25) is 4.79 Å². The lowest BCUT2D eigenvalue weighted by atomic mass is 10.1. The molecule has 3 aromatic rings. The van der Waals surface area contributed by atoms with Gasteiger partial charge in [0, 0.05) is 29.0 Å². The van der Waals surface area contributed by atoms with Gasteiger partial charge in [0.05, 0.1) is 5.69 Å². The summed E-state index contributed by atoms with van der Waals surface area (Å²) >= 11 is 3.33. The Morgan fingerprint density at radius 2 is 2.12 bits per heavy atom. The normalized spacial score (nSPS) is 10.6. The average molecular weight is 388 g/mol. The standard InChI is InChI=1S/C18H15BrFN3O/c1-12-21-7-8-23(12)17-6-5-13(9-16(17)20)11-22-18(24)14-3-2-4-15(19)10-14/h2-10H,11H2,1H3,(H,22,24). The summed E-state index contributed by atoms with van der Waals surface area (Å²) in [6, 6.07) is 12.0. The lowest BCUT2D eigenvalue weighted by Gasteiger charge is -2.10. The van der Waals surface area contributed by atoms with Crippen molar-refractivity contribution in [3.63, 3.8) is 0 Å². The predicted octanol–water partition coefficient (Wildman–Crippen LogP) is 4.01. The molecule has 0 unspecified atom stereocenters. The number of imidazole rings is 1. The van der Waals surface area contributed by atoms with Crippen molar-refractivity contribution >= 4 is 21.8 Å². The summed E-state index contributed by atoms with van der Waals surface area (Å²) in [5, 5.41) is 2.79. The quantitative estimate of drug-likeness (QED) is 0.734. The van der Waals surface area contributed by atoms with Gasteiger partial charge in [-0.05, 0) is 42.8 Å². The van der Waals surface area contributed by atoms with E-state index >= 15 is 0 Å². The first-order chi connectivity index (χ1) is 11.5. The van der Waals surface area contributed by atoms with E-state index < -0.39 is 0 Å². The summed E-state index contributed by atoms with van der Waals surface area (Å²) in [6.45, 7) is 2.07. The van der Waals surface area contributed by atoms with E-state index in [0.717, 1.165) is 4.47 Å². The molecule has 1 heterocycles. The molecule has 122 valence electrons. The van der Waals surface area contributed by atoms with Crippen molar-refractivity contribution in [1.82, 2.24) is 14.9 Å². The molecule has 0 aliphatic carbocycles. The highest BCUT2D eigenvalue weighted by Gasteiger charge is 2.09. The number of hydrogen-bond acceptors (Lipinski definition) is 2. The predicted molar refractivity (Wildman–Crippen MR) is 93.6 cm³/mol. The molecule has 0 bridgehead atoms. The first-order valence-electron chi connectivity index (χ1n) is 7.37. The summed E-state index contributed by atoms with van der Waals surface area (Å²) in [7, 11) is 0. The SMILES string of the molecule is Cc1nccn1-c1ccc(CNC(=O)c2cccc(Br)c2)cc1F. The average Bonchev–Trinajstić information content (AvgIpc) is 2.98. The van der Waals surface area contributed by atoms with Crippen molar-refractivity contribution < 1.29 is 9.18 Å². The van der Waals surface area contributed by atoms with E-state index in [4.69, 9.17) is 0 Å². The third-order valence-electron chi connectivity index (χ3n) is 3.64. The lowest BCUT2D eigenvalue weighted by Crippen LogP contribution is -2.22. The zero-order valence-corrected chi connectivity index (χ0v) is 14.5. The van der Waals surface area contributed by atoms with Crippen LogP contribution >= 0.6 is 15.9 Å². The number of benzene rings is 2. The number of rotatable bonds is 4. The second-order valence-electron chi connectivity index (χ2n) is 5.32. The fraction of sp³-hybridized carbons (Fsp3) is 0.111. The number of aryl methyl sites for hydroxylation is 1. The highest BCUT2D eigenvalue weighted by molar-refractivity contribution is 9.10. The number of amides is 1. The van der Waals surface area contributed by atoms with Gasteiger partial charge >= 0.3 is 0 Å². The Morgan fingerprint density at radius 1 is 1.29 bits per heavy atom. The first-order valence-corrected chi connectivity index (χ1v) is 8.16. The monoisotopic (exact) mass is 387 g/mol. The first kappa shape index (κ1) is 16.4. The molecule has 3 rings (SSSR count). The van der Waals surface area contributed by atoms with Crippen LogP contribution in [0.5, 0.6) is 0 Å². The van der Waals surface area contributed by atoms with Gasteiger partial charge < -0.3 is 9.88 Å². The number of carbonyl (C=O) groups excluding carboxylic acids is 1. The highest BCUT2D eigenvalue weighted by Crippen LogP contribution is 2.17. The minimum Gasteiger partial charge on any atom is -0.348 e. The molecule has 0 aliphatic rings. The molecule has 0 saturated carbocycles. The number of nitrogens with one attached hydrogen (secondary N) is 1. The molecule has 4 nitrogen and oxygen atoms in total. The van der Waals surface area contributed by atoms with Gasteiger partial charge in [-0.2, -0.15) is 0 Å². The highest BCUT2D eigenvalue weighted by atomic mass is 79.9. The molecule has 0 atom stereocenters. The fourth-order valence-corrected chi connectivity index (χ4v) is 2.80. The summed E-state index contributed by atoms with van der Waals surface area (Å²) in [5.41, 5.74) is 1.68. The van der Waals surface area contributed by atoms with Gasteiger partial charge in [0.15, 0.2) is 0 Å². The van der Waals surface area contributed by atoms with Crippen molar-refractivity contribution in [2.24, 2.45) is 0 Å². The summed E-state index contributed by atoms with van der Waals surface area (Å²) in [4.78, 5) is 16.2. The molecule has 0 spiro atoms. The molecule has 24 heavy (non-hydrogen) atoms. The molecule has 1 amide bonds. The van der Waals surface area contributed by atoms with Crippen LogP contribution in [0.25, 0.3) is 5.69 Å². The van der Waals surface area contributed by atoms with Crippen LogP contribution in [-0.2, 0) is 6.54 Å². The fourth-order valence-electron chi connectivity index (χ4n) is 2.40. The second kappa shape index (κ2) is 6.97. The van der Waals surface area contributed by atoms with E-state index in [1.807, 2.05) is 13.0 Å². The molecular formula is C18H15BrFN3O. The van der Waals surface area contributed by atoms with Gasteiger partial charge in [0.1, 0.15) is 11.6 Å². The number of halogens is 2. The van der Waals surface area contributed by atoms with Crippen LogP contribution in [0.2, 0.25) is 0 Å². The van der Waals surface area contributed by atoms with Crippen molar-refractivity contribution in [3.8, 4) is 5.69 Å². The van der Waals surface area contributed by atoms with Crippen molar-refractivity contribution in [1.29, 1.82) is 0 Å². The van der Waals surface area contributed by atoms with Gasteiger partial charge in [0.25, 0.3) is 5.91 Å². The Labute approximate surface area is 147 Å². The van der Waals surface area contributed by atoms with Crippen molar-refractivity contribution in [2.45, 2.75) is 13.5 Å². The molecule has 6 heteroatoms. The zero-order chi connectivity index (χ0) is 17.1. The maximum absolute atomic E-state index is 14.3. The van der Waals surface area contributed by atoms with E-state index in [1.54, 1.807) is 47.3 Å². The van der Waals surface area contributed by atoms with Crippen LogP contribution in [0.3, 0.4) is 0 Å². The van der Waals surface area contributed by atoms with Crippen molar-refractivity contribution in [3.05, 3.63) is 82.1 Å². The molecule has 2 aromatic carbocycles. The molecular weight excluding hydrogens is 373 g/mol. The van der Waals surface area contributed by atoms with Gasteiger partial charge in [0.2, 0.25) is 0 Å². The Bertz CT molecular complexity index is 891. The summed E-state index contributed by atoms with van der Waals surface area (Å²) < 4.78 is 16.8.